The number of hydrogen-bond donors (Lipinski definition) is 2. The van der Waals surface area contributed by atoms with E-state index in [9.17, 15) is 14.0 Å². The number of rotatable bonds is 5. The minimum absolute atomic E-state index is 0.0309. The van der Waals surface area contributed by atoms with E-state index in [0.717, 1.165) is 22.0 Å². The van der Waals surface area contributed by atoms with Gasteiger partial charge in [-0.1, -0.05) is 30.3 Å². The molecule has 6 heteroatoms. The summed E-state index contributed by atoms with van der Waals surface area (Å²) < 4.78 is 13.3. The minimum atomic E-state index is -0.317. The second-order valence-electron chi connectivity index (χ2n) is 6.91. The third-order valence-electron chi connectivity index (χ3n) is 4.87. The molecule has 1 atom stereocenters. The third-order valence-corrected chi connectivity index (χ3v) is 4.87. The molecule has 2 N–H and O–H groups in total. The fourth-order valence-corrected chi connectivity index (χ4v) is 3.61. The van der Waals surface area contributed by atoms with Gasteiger partial charge < -0.3 is 15.2 Å². The van der Waals surface area contributed by atoms with Crippen molar-refractivity contribution in [3.8, 4) is 0 Å². The molecule has 0 spiro atoms. The van der Waals surface area contributed by atoms with Gasteiger partial charge in [0.25, 0.3) is 0 Å². The summed E-state index contributed by atoms with van der Waals surface area (Å²) in [5, 5.41) is 3.98. The van der Waals surface area contributed by atoms with Gasteiger partial charge in [-0.15, -0.1) is 0 Å². The number of amides is 2. The quantitative estimate of drug-likeness (QED) is 0.730. The molecule has 0 aliphatic carbocycles. The van der Waals surface area contributed by atoms with Crippen LogP contribution in [-0.4, -0.2) is 34.3 Å². The van der Waals surface area contributed by atoms with Crippen LogP contribution in [0.15, 0.2) is 54.7 Å². The highest BCUT2D eigenvalue weighted by molar-refractivity contribution is 5.89. The highest BCUT2D eigenvalue weighted by Crippen LogP contribution is 2.19. The van der Waals surface area contributed by atoms with Crippen molar-refractivity contribution in [1.29, 1.82) is 0 Å². The molecule has 4 rings (SSSR count). The molecule has 2 aromatic carbocycles. The largest absolute Gasteiger partial charge is 0.361 e. The van der Waals surface area contributed by atoms with Crippen LogP contribution in [0.2, 0.25) is 0 Å². The molecule has 3 aromatic rings. The summed E-state index contributed by atoms with van der Waals surface area (Å²) in [6, 6.07) is 13.8. The van der Waals surface area contributed by atoms with Crippen molar-refractivity contribution in [2.75, 3.05) is 6.54 Å². The number of carbonyl (C=O) groups excluding carboxylic acids is 2. The van der Waals surface area contributed by atoms with Crippen molar-refractivity contribution in [3.05, 3.63) is 71.7 Å². The maximum Gasteiger partial charge on any atom is 0.225 e. The van der Waals surface area contributed by atoms with Gasteiger partial charge in [-0.05, 0) is 29.3 Å². The van der Waals surface area contributed by atoms with Gasteiger partial charge in [0.1, 0.15) is 5.82 Å². The first kappa shape index (κ1) is 17.3. The second-order valence-corrected chi connectivity index (χ2v) is 6.91. The van der Waals surface area contributed by atoms with Crippen LogP contribution in [0.5, 0.6) is 0 Å². The Morgan fingerprint density at radius 2 is 2.07 bits per heavy atom. The maximum absolute atomic E-state index is 13.3. The molecule has 0 radical (unpaired) electrons. The lowest BCUT2D eigenvalue weighted by atomic mass is 10.1. The van der Waals surface area contributed by atoms with Crippen molar-refractivity contribution in [3.63, 3.8) is 0 Å². The number of aromatic nitrogens is 1. The Kier molecular flexibility index (Phi) is 4.62. The smallest absolute Gasteiger partial charge is 0.225 e. The summed E-state index contributed by atoms with van der Waals surface area (Å²) >= 11 is 0. The molecule has 2 amide bonds. The topological polar surface area (TPSA) is 65.2 Å². The van der Waals surface area contributed by atoms with E-state index >= 15 is 0 Å². The zero-order valence-electron chi connectivity index (χ0n) is 14.7. The molecule has 2 heterocycles. The Hall–Kier alpha value is -3.15. The van der Waals surface area contributed by atoms with E-state index in [0.29, 0.717) is 13.1 Å². The van der Waals surface area contributed by atoms with Crippen LogP contribution in [0.4, 0.5) is 4.39 Å². The lowest BCUT2D eigenvalue weighted by Crippen LogP contribution is -2.37. The number of fused-ring (bicyclic) bond motifs is 1. The number of para-hydroxylation sites is 1. The van der Waals surface area contributed by atoms with E-state index in [4.69, 9.17) is 0 Å². The average Bonchev–Trinajstić information content (AvgIpc) is 3.19. The van der Waals surface area contributed by atoms with Gasteiger partial charge >= 0.3 is 0 Å². The van der Waals surface area contributed by atoms with Gasteiger partial charge in [0.2, 0.25) is 11.8 Å². The molecule has 1 aliphatic heterocycles. The molecule has 1 saturated heterocycles. The predicted octanol–water partition coefficient (Wildman–Crippen LogP) is 2.77. The number of benzene rings is 2. The molecule has 1 aromatic heterocycles. The third kappa shape index (κ3) is 3.84. The predicted molar refractivity (Wildman–Crippen MR) is 100 cm³/mol. The highest BCUT2D eigenvalue weighted by atomic mass is 19.1. The van der Waals surface area contributed by atoms with Gasteiger partial charge in [-0.2, -0.15) is 0 Å². The van der Waals surface area contributed by atoms with Gasteiger partial charge in [0, 0.05) is 36.6 Å². The summed E-state index contributed by atoms with van der Waals surface area (Å²) in [6.07, 6.45) is 2.38. The fourth-order valence-electron chi connectivity index (χ4n) is 3.61. The van der Waals surface area contributed by atoms with E-state index in [-0.39, 0.29) is 36.5 Å². The molecule has 1 fully saturated rings. The molecular weight excluding hydrogens is 345 g/mol. The van der Waals surface area contributed by atoms with E-state index in [2.05, 4.69) is 10.3 Å². The summed E-state index contributed by atoms with van der Waals surface area (Å²) in [7, 11) is 0. The van der Waals surface area contributed by atoms with E-state index in [1.807, 2.05) is 30.5 Å². The zero-order valence-corrected chi connectivity index (χ0v) is 14.7. The first-order chi connectivity index (χ1) is 13.1. The highest BCUT2D eigenvalue weighted by Gasteiger charge is 2.30. The summed E-state index contributed by atoms with van der Waals surface area (Å²) in [6.45, 7) is 0.792. The van der Waals surface area contributed by atoms with Crippen molar-refractivity contribution < 1.29 is 14.0 Å². The van der Waals surface area contributed by atoms with Crippen LogP contribution < -0.4 is 5.32 Å². The summed E-state index contributed by atoms with van der Waals surface area (Å²) in [5.41, 5.74) is 2.68. The first-order valence-corrected chi connectivity index (χ1v) is 8.95. The van der Waals surface area contributed by atoms with E-state index in [1.165, 1.54) is 12.1 Å². The molecular formula is C21H20FN3O2. The first-order valence-electron chi connectivity index (χ1n) is 8.95. The number of H-pyrrole nitrogens is 1. The van der Waals surface area contributed by atoms with Crippen LogP contribution in [0.1, 0.15) is 17.5 Å². The molecule has 0 unspecified atom stereocenters. The van der Waals surface area contributed by atoms with Crippen molar-refractivity contribution in [1.82, 2.24) is 15.2 Å². The monoisotopic (exact) mass is 365 g/mol. The Morgan fingerprint density at radius 3 is 2.93 bits per heavy atom. The lowest BCUT2D eigenvalue weighted by Gasteiger charge is -2.17. The van der Waals surface area contributed by atoms with Crippen LogP contribution in [-0.2, 0) is 22.6 Å². The minimum Gasteiger partial charge on any atom is -0.361 e. The van der Waals surface area contributed by atoms with E-state index < -0.39 is 0 Å². The molecule has 138 valence electrons. The number of hydrogen-bond acceptors (Lipinski definition) is 2. The van der Waals surface area contributed by atoms with Crippen LogP contribution in [0.25, 0.3) is 10.9 Å². The SMILES string of the molecule is O=C(Cc1c[nH]c2ccccc12)N[C@@H]1CC(=O)N(Cc2cccc(F)c2)C1. The Bertz CT molecular complexity index is 998. The van der Waals surface area contributed by atoms with Crippen LogP contribution in [0, 0.1) is 5.82 Å². The van der Waals surface area contributed by atoms with Crippen molar-refractivity contribution >= 4 is 22.7 Å². The van der Waals surface area contributed by atoms with Crippen LogP contribution >= 0.6 is 0 Å². The maximum atomic E-state index is 13.3. The van der Waals surface area contributed by atoms with Gasteiger partial charge in [-0.25, -0.2) is 4.39 Å². The number of halogens is 1. The van der Waals surface area contributed by atoms with Gasteiger partial charge in [0.05, 0.1) is 12.5 Å². The Balaban J connectivity index is 1.36. The molecule has 5 nitrogen and oxygen atoms in total. The van der Waals surface area contributed by atoms with Gasteiger partial charge in [0.15, 0.2) is 0 Å². The number of aromatic amines is 1. The van der Waals surface area contributed by atoms with Gasteiger partial charge in [-0.3, -0.25) is 9.59 Å². The zero-order chi connectivity index (χ0) is 18.8. The fraction of sp³-hybridized carbons (Fsp3) is 0.238. The van der Waals surface area contributed by atoms with Crippen LogP contribution in [0.3, 0.4) is 0 Å². The Morgan fingerprint density at radius 1 is 1.22 bits per heavy atom. The molecule has 0 saturated carbocycles. The van der Waals surface area contributed by atoms with E-state index in [1.54, 1.807) is 17.0 Å². The standard InChI is InChI=1S/C21H20FN3O2/c22-16-5-3-4-14(8-16)12-25-13-17(10-21(25)27)24-20(26)9-15-11-23-19-7-2-1-6-18(15)19/h1-8,11,17,23H,9-10,12-13H2,(H,24,26)/t17-/m1/s1. The lowest BCUT2D eigenvalue weighted by molar-refractivity contribution is -0.128. The number of nitrogens with zero attached hydrogens (tertiary/aromatic N) is 1. The molecule has 27 heavy (non-hydrogen) atoms. The summed E-state index contributed by atoms with van der Waals surface area (Å²) in [5.74, 6) is -0.454. The number of likely N-dealkylation sites (tertiary alicyclic amines) is 1. The molecule has 1 aliphatic rings. The van der Waals surface area contributed by atoms with Crippen molar-refractivity contribution in [2.45, 2.75) is 25.4 Å². The molecule has 0 bridgehead atoms. The number of nitrogens with one attached hydrogen (secondary N) is 2. The number of carbonyl (C=O) groups is 2. The Labute approximate surface area is 156 Å². The second kappa shape index (κ2) is 7.23. The van der Waals surface area contributed by atoms with Crippen molar-refractivity contribution in [2.24, 2.45) is 0 Å². The summed E-state index contributed by atoms with van der Waals surface area (Å²) in [4.78, 5) is 29.5. The average molecular weight is 365 g/mol. The normalized spacial score (nSPS) is 16.9.